The molecule has 1 heterocycles. The van der Waals surface area contributed by atoms with E-state index in [1.165, 1.54) is 10.9 Å². The highest BCUT2D eigenvalue weighted by Gasteiger charge is 2.01. The Morgan fingerprint density at radius 3 is 2.57 bits per heavy atom. The zero-order valence-electron chi connectivity index (χ0n) is 13.6. The van der Waals surface area contributed by atoms with Gasteiger partial charge in [0.2, 0.25) is 0 Å². The van der Waals surface area contributed by atoms with Gasteiger partial charge in [-0.2, -0.15) is 0 Å². The van der Waals surface area contributed by atoms with Crippen molar-refractivity contribution < 1.29 is 4.74 Å². The van der Waals surface area contributed by atoms with Gasteiger partial charge in [-0.05, 0) is 48.7 Å². The van der Waals surface area contributed by atoms with Crippen LogP contribution in [0.5, 0.6) is 5.75 Å². The molecule has 23 heavy (non-hydrogen) atoms. The van der Waals surface area contributed by atoms with E-state index in [9.17, 15) is 0 Å². The van der Waals surface area contributed by atoms with Crippen LogP contribution in [0.4, 0.5) is 0 Å². The molecule has 0 fully saturated rings. The van der Waals surface area contributed by atoms with E-state index in [-0.39, 0.29) is 6.10 Å². The van der Waals surface area contributed by atoms with Gasteiger partial charge in [0.1, 0.15) is 5.75 Å². The molecule has 0 spiro atoms. The molecule has 0 N–H and O–H groups in total. The molecule has 1 unspecified atom stereocenters. The maximum absolute atomic E-state index is 5.81. The normalized spacial score (nSPS) is 12.6. The lowest BCUT2D eigenvalue weighted by molar-refractivity contribution is 0.217. The van der Waals surface area contributed by atoms with Crippen molar-refractivity contribution in [2.24, 2.45) is 0 Å². The summed E-state index contributed by atoms with van der Waals surface area (Å²) < 4.78 is 5.81. The first-order valence-corrected chi connectivity index (χ1v) is 8.05. The average Bonchev–Trinajstić information content (AvgIpc) is 2.61. The minimum Gasteiger partial charge on any atom is -0.491 e. The van der Waals surface area contributed by atoms with Gasteiger partial charge in [0, 0.05) is 11.6 Å². The van der Waals surface area contributed by atoms with Crippen LogP contribution in [0.3, 0.4) is 0 Å². The predicted octanol–water partition coefficient (Wildman–Crippen LogP) is 5.58. The van der Waals surface area contributed by atoms with E-state index < -0.39 is 0 Å². The van der Waals surface area contributed by atoms with Gasteiger partial charge in [-0.15, -0.1) is 0 Å². The Hall–Kier alpha value is -2.61. The summed E-state index contributed by atoms with van der Waals surface area (Å²) in [6, 6.07) is 18.4. The van der Waals surface area contributed by atoms with E-state index in [2.05, 4.69) is 49.2 Å². The van der Waals surface area contributed by atoms with Gasteiger partial charge >= 0.3 is 0 Å². The molecule has 116 valence electrons. The third kappa shape index (κ3) is 3.78. The Balaban J connectivity index is 1.79. The lowest BCUT2D eigenvalue weighted by Crippen LogP contribution is -2.09. The summed E-state index contributed by atoms with van der Waals surface area (Å²) in [5.41, 5.74) is 3.35. The van der Waals surface area contributed by atoms with E-state index >= 15 is 0 Å². The van der Waals surface area contributed by atoms with E-state index in [0.29, 0.717) is 0 Å². The van der Waals surface area contributed by atoms with E-state index in [0.717, 1.165) is 23.3 Å². The van der Waals surface area contributed by atoms with Gasteiger partial charge in [0.25, 0.3) is 0 Å². The van der Waals surface area contributed by atoms with Crippen LogP contribution in [-0.2, 0) is 0 Å². The van der Waals surface area contributed by atoms with Crippen molar-refractivity contribution in [2.75, 3.05) is 0 Å². The van der Waals surface area contributed by atoms with Crippen LogP contribution in [-0.4, -0.2) is 11.1 Å². The van der Waals surface area contributed by atoms with E-state index in [1.54, 1.807) is 0 Å². The van der Waals surface area contributed by atoms with Crippen molar-refractivity contribution in [3.63, 3.8) is 0 Å². The standard InChI is InChI=1S/C21H21NO/c1-3-16(2)23-19-12-9-17(10-13-19)8-11-18-14-15-22-21-7-5-4-6-20(18)21/h4-16H,3H2,1-2H3. The summed E-state index contributed by atoms with van der Waals surface area (Å²) in [5, 5.41) is 1.17. The number of aromatic nitrogens is 1. The van der Waals surface area contributed by atoms with Crippen LogP contribution in [0, 0.1) is 0 Å². The smallest absolute Gasteiger partial charge is 0.119 e. The highest BCUT2D eigenvalue weighted by molar-refractivity contribution is 5.90. The minimum atomic E-state index is 0.250. The maximum Gasteiger partial charge on any atom is 0.119 e. The summed E-state index contributed by atoms with van der Waals surface area (Å²) in [4.78, 5) is 4.39. The van der Waals surface area contributed by atoms with Crippen molar-refractivity contribution in [3.05, 3.63) is 71.9 Å². The third-order valence-electron chi connectivity index (χ3n) is 3.93. The van der Waals surface area contributed by atoms with Crippen molar-refractivity contribution >= 4 is 23.1 Å². The number of fused-ring (bicyclic) bond motifs is 1. The molecule has 0 bridgehead atoms. The molecule has 0 radical (unpaired) electrons. The van der Waals surface area contributed by atoms with Crippen molar-refractivity contribution in [1.29, 1.82) is 0 Å². The molecule has 3 rings (SSSR count). The predicted molar refractivity (Wildman–Crippen MR) is 97.5 cm³/mol. The molecule has 2 nitrogen and oxygen atoms in total. The summed E-state index contributed by atoms with van der Waals surface area (Å²) in [5.74, 6) is 0.922. The molecule has 2 heteroatoms. The fourth-order valence-corrected chi connectivity index (χ4v) is 2.42. The van der Waals surface area contributed by atoms with Crippen LogP contribution in [0.15, 0.2) is 60.8 Å². The molecule has 0 saturated carbocycles. The third-order valence-corrected chi connectivity index (χ3v) is 3.93. The second-order valence-corrected chi connectivity index (χ2v) is 5.66. The number of para-hydroxylation sites is 1. The lowest BCUT2D eigenvalue weighted by atomic mass is 10.1. The number of hydrogen-bond donors (Lipinski definition) is 0. The number of benzene rings is 2. The zero-order chi connectivity index (χ0) is 16.1. The Morgan fingerprint density at radius 1 is 1.00 bits per heavy atom. The molecular formula is C21H21NO. The quantitative estimate of drug-likeness (QED) is 0.613. The monoisotopic (exact) mass is 303 g/mol. The van der Waals surface area contributed by atoms with Gasteiger partial charge in [0.15, 0.2) is 0 Å². The molecule has 0 saturated heterocycles. The van der Waals surface area contributed by atoms with Crippen LogP contribution in [0.1, 0.15) is 31.4 Å². The first kappa shape index (κ1) is 15.3. The molecule has 0 aliphatic carbocycles. The summed E-state index contributed by atoms with van der Waals surface area (Å²) in [7, 11) is 0. The fraction of sp³-hybridized carbons (Fsp3) is 0.190. The Bertz CT molecular complexity index is 800. The van der Waals surface area contributed by atoms with Crippen LogP contribution >= 0.6 is 0 Å². The topological polar surface area (TPSA) is 22.1 Å². The van der Waals surface area contributed by atoms with Gasteiger partial charge in [0.05, 0.1) is 11.6 Å². The largest absolute Gasteiger partial charge is 0.491 e. The number of pyridine rings is 1. The summed E-state index contributed by atoms with van der Waals surface area (Å²) in [6.07, 6.45) is 7.37. The number of nitrogens with zero attached hydrogens (tertiary/aromatic N) is 1. The molecular weight excluding hydrogens is 282 g/mol. The van der Waals surface area contributed by atoms with Crippen molar-refractivity contribution in [1.82, 2.24) is 4.98 Å². The van der Waals surface area contributed by atoms with Crippen LogP contribution in [0.25, 0.3) is 23.1 Å². The molecule has 0 aliphatic heterocycles. The number of hydrogen-bond acceptors (Lipinski definition) is 2. The van der Waals surface area contributed by atoms with Crippen LogP contribution < -0.4 is 4.74 Å². The number of rotatable bonds is 5. The minimum absolute atomic E-state index is 0.250. The van der Waals surface area contributed by atoms with Crippen molar-refractivity contribution in [3.8, 4) is 5.75 Å². The zero-order valence-corrected chi connectivity index (χ0v) is 13.6. The summed E-state index contributed by atoms with van der Waals surface area (Å²) >= 11 is 0. The first-order valence-electron chi connectivity index (χ1n) is 8.05. The molecule has 0 amide bonds. The van der Waals surface area contributed by atoms with Gasteiger partial charge < -0.3 is 4.74 Å². The first-order chi connectivity index (χ1) is 11.3. The lowest BCUT2D eigenvalue weighted by Gasteiger charge is -2.12. The van der Waals surface area contributed by atoms with Crippen molar-refractivity contribution in [2.45, 2.75) is 26.4 Å². The van der Waals surface area contributed by atoms with Gasteiger partial charge in [-0.3, -0.25) is 4.98 Å². The summed E-state index contributed by atoms with van der Waals surface area (Å²) in [6.45, 7) is 4.21. The second-order valence-electron chi connectivity index (χ2n) is 5.66. The van der Waals surface area contributed by atoms with Gasteiger partial charge in [-0.1, -0.05) is 49.4 Å². The number of ether oxygens (including phenoxy) is 1. The molecule has 1 atom stereocenters. The molecule has 3 aromatic rings. The van der Waals surface area contributed by atoms with E-state index in [4.69, 9.17) is 4.74 Å². The average molecular weight is 303 g/mol. The Labute approximate surface area is 137 Å². The molecule has 1 aromatic heterocycles. The van der Waals surface area contributed by atoms with Crippen LogP contribution in [0.2, 0.25) is 0 Å². The Morgan fingerprint density at radius 2 is 1.78 bits per heavy atom. The fourth-order valence-electron chi connectivity index (χ4n) is 2.42. The Kier molecular flexibility index (Phi) is 4.72. The van der Waals surface area contributed by atoms with E-state index in [1.807, 2.05) is 42.6 Å². The van der Waals surface area contributed by atoms with Gasteiger partial charge in [-0.25, -0.2) is 0 Å². The highest BCUT2D eigenvalue weighted by Crippen LogP contribution is 2.20. The SMILES string of the molecule is CCC(C)Oc1ccc(C=Cc2ccnc3ccccc23)cc1. The molecule has 0 aliphatic rings. The molecule has 2 aromatic carbocycles. The maximum atomic E-state index is 5.81. The second kappa shape index (κ2) is 7.10. The highest BCUT2D eigenvalue weighted by atomic mass is 16.5.